The van der Waals surface area contributed by atoms with Crippen molar-refractivity contribution < 1.29 is 18.0 Å². The van der Waals surface area contributed by atoms with Crippen LogP contribution in [0.3, 0.4) is 0 Å². The van der Waals surface area contributed by atoms with Gasteiger partial charge in [0.05, 0.1) is 12.0 Å². The lowest BCUT2D eigenvalue weighted by atomic mass is 9.92. The highest BCUT2D eigenvalue weighted by atomic mass is 19.4. The highest BCUT2D eigenvalue weighted by Crippen LogP contribution is 2.32. The Morgan fingerprint density at radius 3 is 2.26 bits per heavy atom. The number of halogens is 3. The Bertz CT molecular complexity index is 306. The van der Waals surface area contributed by atoms with E-state index < -0.39 is 18.1 Å². The molecular formula is C13H21F3N2O. The first-order valence-electron chi connectivity index (χ1n) is 7.07. The van der Waals surface area contributed by atoms with Crippen LogP contribution >= 0.6 is 0 Å². The number of nitrogens with one attached hydrogen (secondary N) is 2. The van der Waals surface area contributed by atoms with E-state index >= 15 is 0 Å². The van der Waals surface area contributed by atoms with E-state index in [4.69, 9.17) is 0 Å². The molecule has 0 spiro atoms. The van der Waals surface area contributed by atoms with Gasteiger partial charge in [-0.3, -0.25) is 4.79 Å². The second-order valence-corrected chi connectivity index (χ2v) is 5.62. The summed E-state index contributed by atoms with van der Waals surface area (Å²) in [4.78, 5) is 12.0. The number of hydrogen-bond acceptors (Lipinski definition) is 2. The van der Waals surface area contributed by atoms with Gasteiger partial charge in [0.15, 0.2) is 0 Å². The molecule has 1 saturated carbocycles. The normalized spacial score (nSPS) is 30.1. The molecule has 1 heterocycles. The van der Waals surface area contributed by atoms with E-state index in [1.165, 1.54) is 6.42 Å². The average molecular weight is 278 g/mol. The zero-order valence-corrected chi connectivity index (χ0v) is 10.9. The first-order valence-corrected chi connectivity index (χ1v) is 7.07. The Balaban J connectivity index is 1.76. The first kappa shape index (κ1) is 14.6. The van der Waals surface area contributed by atoms with Gasteiger partial charge in [0.25, 0.3) is 0 Å². The molecule has 2 rings (SSSR count). The molecule has 0 bridgehead atoms. The fourth-order valence-electron chi connectivity index (χ4n) is 2.91. The minimum atomic E-state index is -4.15. The maximum atomic E-state index is 12.5. The summed E-state index contributed by atoms with van der Waals surface area (Å²) in [6, 6.07) is -0.246. The van der Waals surface area contributed by atoms with E-state index in [2.05, 4.69) is 10.6 Å². The second kappa shape index (κ2) is 6.11. The van der Waals surface area contributed by atoms with Crippen LogP contribution in [0, 0.1) is 5.92 Å². The van der Waals surface area contributed by atoms with Gasteiger partial charge in [0.1, 0.15) is 0 Å². The lowest BCUT2D eigenvalue weighted by Crippen LogP contribution is -2.53. The molecule has 2 unspecified atom stereocenters. The molecule has 0 aromatic heterocycles. The van der Waals surface area contributed by atoms with Crippen LogP contribution < -0.4 is 10.6 Å². The number of carbonyl (C=O) groups is 1. The third-order valence-corrected chi connectivity index (χ3v) is 4.15. The van der Waals surface area contributed by atoms with Gasteiger partial charge in [-0.2, -0.15) is 13.2 Å². The number of amides is 1. The maximum absolute atomic E-state index is 12.5. The summed E-state index contributed by atoms with van der Waals surface area (Å²) in [6.45, 7) is -0.147. The topological polar surface area (TPSA) is 41.1 Å². The van der Waals surface area contributed by atoms with Crippen molar-refractivity contribution in [1.82, 2.24) is 10.6 Å². The fraction of sp³-hybridized carbons (Fsp3) is 0.923. The predicted molar refractivity (Wildman–Crippen MR) is 65.6 cm³/mol. The molecule has 3 nitrogen and oxygen atoms in total. The molecule has 1 amide bonds. The van der Waals surface area contributed by atoms with Gasteiger partial charge >= 0.3 is 6.18 Å². The lowest BCUT2D eigenvalue weighted by molar-refractivity contribution is -0.180. The van der Waals surface area contributed by atoms with Crippen molar-refractivity contribution in [2.24, 2.45) is 5.92 Å². The number of hydrogen-bond donors (Lipinski definition) is 2. The van der Waals surface area contributed by atoms with Gasteiger partial charge in [-0.05, 0) is 25.7 Å². The molecule has 2 aliphatic rings. The third-order valence-electron chi connectivity index (χ3n) is 4.15. The summed E-state index contributed by atoms with van der Waals surface area (Å²) < 4.78 is 37.5. The number of alkyl halides is 3. The monoisotopic (exact) mass is 278 g/mol. The number of carbonyl (C=O) groups excluding carboxylic acids is 1. The van der Waals surface area contributed by atoms with Crippen molar-refractivity contribution in [3.63, 3.8) is 0 Å². The van der Waals surface area contributed by atoms with E-state index in [1.54, 1.807) is 0 Å². The standard InChI is InChI=1S/C13H21F3N2O/c14-13(15,16)9-6-7-11(17-8-9)12(19)18-10-4-2-1-3-5-10/h9-11,17H,1-8H2,(H,18,19). The highest BCUT2D eigenvalue weighted by molar-refractivity contribution is 5.82. The predicted octanol–water partition coefficient (Wildman–Crippen LogP) is 2.37. The Kier molecular flexibility index (Phi) is 4.71. The van der Waals surface area contributed by atoms with Crippen LogP contribution in [-0.2, 0) is 4.79 Å². The molecule has 6 heteroatoms. The Hall–Kier alpha value is -0.780. The summed E-state index contributed by atoms with van der Waals surface area (Å²) in [7, 11) is 0. The van der Waals surface area contributed by atoms with Crippen molar-refractivity contribution in [2.45, 2.75) is 63.2 Å². The second-order valence-electron chi connectivity index (χ2n) is 5.62. The van der Waals surface area contributed by atoms with Crippen molar-refractivity contribution in [2.75, 3.05) is 6.54 Å². The molecule has 1 aliphatic heterocycles. The van der Waals surface area contributed by atoms with Crippen LogP contribution in [0.1, 0.15) is 44.9 Å². The minimum absolute atomic E-state index is 0.0409. The molecule has 1 saturated heterocycles. The van der Waals surface area contributed by atoms with Gasteiger partial charge < -0.3 is 10.6 Å². The average Bonchev–Trinajstić information content (AvgIpc) is 2.39. The van der Waals surface area contributed by atoms with E-state index in [-0.39, 0.29) is 31.3 Å². The molecule has 0 radical (unpaired) electrons. The largest absolute Gasteiger partial charge is 0.393 e. The molecule has 2 fully saturated rings. The third kappa shape index (κ3) is 4.09. The van der Waals surface area contributed by atoms with Crippen LogP contribution in [0.15, 0.2) is 0 Å². The smallest absolute Gasteiger partial charge is 0.352 e. The van der Waals surface area contributed by atoms with Crippen LogP contribution in [0.5, 0.6) is 0 Å². The van der Waals surface area contributed by atoms with Crippen LogP contribution in [0.2, 0.25) is 0 Å². The van der Waals surface area contributed by atoms with Crippen LogP contribution in [-0.4, -0.2) is 30.7 Å². The first-order chi connectivity index (χ1) is 8.97. The maximum Gasteiger partial charge on any atom is 0.393 e. The van der Waals surface area contributed by atoms with E-state index in [0.29, 0.717) is 0 Å². The summed E-state index contributed by atoms with van der Waals surface area (Å²) in [5, 5.41) is 5.69. The molecular weight excluding hydrogens is 257 g/mol. The van der Waals surface area contributed by atoms with Crippen molar-refractivity contribution in [1.29, 1.82) is 0 Å². The van der Waals surface area contributed by atoms with E-state index in [1.807, 2.05) is 0 Å². The van der Waals surface area contributed by atoms with Crippen molar-refractivity contribution in [3.05, 3.63) is 0 Å². The zero-order chi connectivity index (χ0) is 13.9. The molecule has 19 heavy (non-hydrogen) atoms. The van der Waals surface area contributed by atoms with Gasteiger partial charge in [-0.25, -0.2) is 0 Å². The Morgan fingerprint density at radius 1 is 1.05 bits per heavy atom. The Labute approximate surface area is 111 Å². The number of rotatable bonds is 2. The fourth-order valence-corrected chi connectivity index (χ4v) is 2.91. The highest BCUT2D eigenvalue weighted by Gasteiger charge is 2.42. The van der Waals surface area contributed by atoms with Crippen LogP contribution in [0.4, 0.5) is 13.2 Å². The summed E-state index contributed by atoms with van der Waals surface area (Å²) in [5.74, 6) is -1.45. The summed E-state index contributed by atoms with van der Waals surface area (Å²) in [5.41, 5.74) is 0. The molecule has 0 aromatic carbocycles. The minimum Gasteiger partial charge on any atom is -0.352 e. The molecule has 1 aliphatic carbocycles. The molecule has 2 atom stereocenters. The van der Waals surface area contributed by atoms with Gasteiger partial charge in [0, 0.05) is 12.6 Å². The van der Waals surface area contributed by atoms with Crippen LogP contribution in [0.25, 0.3) is 0 Å². The quantitative estimate of drug-likeness (QED) is 0.814. The molecule has 110 valence electrons. The molecule has 0 aromatic rings. The number of piperidine rings is 1. The van der Waals surface area contributed by atoms with E-state index in [9.17, 15) is 18.0 Å². The van der Waals surface area contributed by atoms with Crippen molar-refractivity contribution in [3.8, 4) is 0 Å². The molecule has 2 N–H and O–H groups in total. The SMILES string of the molecule is O=C(NC1CCCCC1)C1CCC(C(F)(F)F)CN1. The van der Waals surface area contributed by atoms with Gasteiger partial charge in [-0.1, -0.05) is 19.3 Å². The Morgan fingerprint density at radius 2 is 1.74 bits per heavy atom. The van der Waals surface area contributed by atoms with Gasteiger partial charge in [-0.15, -0.1) is 0 Å². The van der Waals surface area contributed by atoms with E-state index in [0.717, 1.165) is 25.7 Å². The lowest BCUT2D eigenvalue weighted by Gasteiger charge is -2.32. The zero-order valence-electron chi connectivity index (χ0n) is 10.9. The van der Waals surface area contributed by atoms with Crippen molar-refractivity contribution >= 4 is 5.91 Å². The summed E-state index contributed by atoms with van der Waals surface area (Å²) in [6.07, 6.45) is 1.59. The van der Waals surface area contributed by atoms with Gasteiger partial charge in [0.2, 0.25) is 5.91 Å². The summed E-state index contributed by atoms with van der Waals surface area (Å²) >= 11 is 0.